The molecule has 0 aliphatic carbocycles. The van der Waals surface area contributed by atoms with Crippen LogP contribution < -0.4 is 10.1 Å². The number of nitrogens with one attached hydrogen (secondary N) is 1. The zero-order chi connectivity index (χ0) is 19.1. The molecule has 0 saturated carbocycles. The second-order valence-electron chi connectivity index (χ2n) is 6.08. The minimum atomic E-state index is -0.950. The number of carbonyl (C=O) groups is 2. The van der Waals surface area contributed by atoms with E-state index in [0.717, 1.165) is 5.56 Å². The highest BCUT2D eigenvalue weighted by molar-refractivity contribution is 5.92. The molecule has 2 aromatic carbocycles. The van der Waals surface area contributed by atoms with Crippen LogP contribution in [0.25, 0.3) is 0 Å². The molecule has 6 heteroatoms. The Balaban J connectivity index is 1.85. The molecule has 26 heavy (non-hydrogen) atoms. The normalized spacial score (nSPS) is 11.7. The SMILES string of the molecule is CC(C)Oc1ccc(C(=O)OC(C)C(=O)NCc2ccc(F)cc2)cc1. The largest absolute Gasteiger partial charge is 0.491 e. The molecule has 0 heterocycles. The summed E-state index contributed by atoms with van der Waals surface area (Å²) in [7, 11) is 0. The highest BCUT2D eigenvalue weighted by atomic mass is 19.1. The van der Waals surface area contributed by atoms with Gasteiger partial charge in [0.2, 0.25) is 0 Å². The van der Waals surface area contributed by atoms with Crippen molar-refractivity contribution < 1.29 is 23.5 Å². The van der Waals surface area contributed by atoms with Crippen LogP contribution in [0.1, 0.15) is 36.7 Å². The fourth-order valence-corrected chi connectivity index (χ4v) is 2.16. The molecule has 1 unspecified atom stereocenters. The lowest BCUT2D eigenvalue weighted by molar-refractivity contribution is -0.129. The highest BCUT2D eigenvalue weighted by Gasteiger charge is 2.18. The zero-order valence-corrected chi connectivity index (χ0v) is 15.0. The van der Waals surface area contributed by atoms with Crippen LogP contribution in [0.4, 0.5) is 4.39 Å². The average Bonchev–Trinajstić information content (AvgIpc) is 2.61. The van der Waals surface area contributed by atoms with Gasteiger partial charge in [0, 0.05) is 6.54 Å². The van der Waals surface area contributed by atoms with E-state index in [1.54, 1.807) is 36.4 Å². The molecule has 0 aromatic heterocycles. The van der Waals surface area contributed by atoms with Gasteiger partial charge in [-0.05, 0) is 62.7 Å². The van der Waals surface area contributed by atoms with E-state index in [-0.39, 0.29) is 18.5 Å². The molecule has 0 saturated heterocycles. The molecular formula is C20H22FNO4. The summed E-state index contributed by atoms with van der Waals surface area (Å²) in [6.07, 6.45) is -0.910. The van der Waals surface area contributed by atoms with Gasteiger partial charge in [-0.25, -0.2) is 9.18 Å². The third kappa shape index (κ3) is 5.88. The first-order valence-electron chi connectivity index (χ1n) is 8.35. The Hall–Kier alpha value is -2.89. The maximum atomic E-state index is 12.9. The summed E-state index contributed by atoms with van der Waals surface area (Å²) < 4.78 is 23.5. The van der Waals surface area contributed by atoms with Crippen LogP contribution in [0.3, 0.4) is 0 Å². The fourth-order valence-electron chi connectivity index (χ4n) is 2.16. The lowest BCUT2D eigenvalue weighted by atomic mass is 10.2. The van der Waals surface area contributed by atoms with Gasteiger partial charge >= 0.3 is 5.97 Å². The molecule has 2 aromatic rings. The molecule has 1 amide bonds. The second kappa shape index (κ2) is 8.99. The molecule has 0 aliphatic heterocycles. The predicted octanol–water partition coefficient (Wildman–Crippen LogP) is 3.47. The van der Waals surface area contributed by atoms with Crippen molar-refractivity contribution in [1.82, 2.24) is 5.32 Å². The number of halogens is 1. The number of amides is 1. The molecule has 0 bridgehead atoms. The number of ether oxygens (including phenoxy) is 2. The van der Waals surface area contributed by atoms with Gasteiger partial charge in [-0.1, -0.05) is 12.1 Å². The van der Waals surface area contributed by atoms with E-state index in [9.17, 15) is 14.0 Å². The first kappa shape index (κ1) is 19.4. The van der Waals surface area contributed by atoms with Gasteiger partial charge in [-0.15, -0.1) is 0 Å². The Labute approximate surface area is 152 Å². The van der Waals surface area contributed by atoms with Gasteiger partial charge in [0.15, 0.2) is 6.10 Å². The summed E-state index contributed by atoms with van der Waals surface area (Å²) >= 11 is 0. The van der Waals surface area contributed by atoms with Gasteiger partial charge in [0.05, 0.1) is 11.7 Å². The predicted molar refractivity (Wildman–Crippen MR) is 95.3 cm³/mol. The van der Waals surface area contributed by atoms with Crippen LogP contribution in [0.5, 0.6) is 5.75 Å². The van der Waals surface area contributed by atoms with Crippen molar-refractivity contribution in [3.63, 3.8) is 0 Å². The number of carbonyl (C=O) groups excluding carboxylic acids is 2. The van der Waals surface area contributed by atoms with E-state index >= 15 is 0 Å². The summed E-state index contributed by atoms with van der Waals surface area (Å²) in [4.78, 5) is 24.2. The summed E-state index contributed by atoms with van der Waals surface area (Å²) in [5, 5.41) is 2.65. The molecule has 1 atom stereocenters. The lowest BCUT2D eigenvalue weighted by Crippen LogP contribution is -2.35. The van der Waals surface area contributed by atoms with Crippen molar-refractivity contribution in [1.29, 1.82) is 0 Å². The Morgan fingerprint density at radius 1 is 1.00 bits per heavy atom. The second-order valence-corrected chi connectivity index (χ2v) is 6.08. The summed E-state index contributed by atoms with van der Waals surface area (Å²) in [6.45, 7) is 5.54. The van der Waals surface area contributed by atoms with Gasteiger partial charge in [0.25, 0.3) is 5.91 Å². The smallest absolute Gasteiger partial charge is 0.338 e. The van der Waals surface area contributed by atoms with Crippen LogP contribution in [-0.4, -0.2) is 24.1 Å². The van der Waals surface area contributed by atoms with Gasteiger partial charge in [0.1, 0.15) is 11.6 Å². The van der Waals surface area contributed by atoms with Crippen LogP contribution in [0.15, 0.2) is 48.5 Å². The van der Waals surface area contributed by atoms with Gasteiger partial charge in [-0.3, -0.25) is 4.79 Å². The van der Waals surface area contributed by atoms with Crippen molar-refractivity contribution >= 4 is 11.9 Å². The molecule has 0 fully saturated rings. The van der Waals surface area contributed by atoms with E-state index in [1.807, 2.05) is 13.8 Å². The van der Waals surface area contributed by atoms with Gasteiger partial charge < -0.3 is 14.8 Å². The van der Waals surface area contributed by atoms with Crippen LogP contribution in [-0.2, 0) is 16.1 Å². The number of rotatable bonds is 7. The first-order chi connectivity index (χ1) is 12.3. The zero-order valence-electron chi connectivity index (χ0n) is 15.0. The lowest BCUT2D eigenvalue weighted by Gasteiger charge is -2.14. The first-order valence-corrected chi connectivity index (χ1v) is 8.35. The third-order valence-corrected chi connectivity index (χ3v) is 3.49. The van der Waals surface area contributed by atoms with E-state index in [1.165, 1.54) is 19.1 Å². The van der Waals surface area contributed by atoms with E-state index in [0.29, 0.717) is 11.3 Å². The van der Waals surface area contributed by atoms with Gasteiger partial charge in [-0.2, -0.15) is 0 Å². The van der Waals surface area contributed by atoms with Crippen LogP contribution in [0, 0.1) is 5.82 Å². The van der Waals surface area contributed by atoms with Crippen LogP contribution in [0.2, 0.25) is 0 Å². The minimum Gasteiger partial charge on any atom is -0.491 e. The molecule has 2 rings (SSSR count). The number of esters is 1. The Kier molecular flexibility index (Phi) is 6.72. The summed E-state index contributed by atoms with van der Waals surface area (Å²) in [6, 6.07) is 12.3. The quantitative estimate of drug-likeness (QED) is 0.769. The average molecular weight is 359 g/mol. The van der Waals surface area contributed by atoms with Crippen molar-refractivity contribution in [3.8, 4) is 5.75 Å². The molecular weight excluding hydrogens is 337 g/mol. The number of benzene rings is 2. The monoisotopic (exact) mass is 359 g/mol. The molecule has 5 nitrogen and oxygen atoms in total. The third-order valence-electron chi connectivity index (χ3n) is 3.49. The van der Waals surface area contributed by atoms with E-state index in [4.69, 9.17) is 9.47 Å². The maximum Gasteiger partial charge on any atom is 0.338 e. The minimum absolute atomic E-state index is 0.0395. The number of hydrogen-bond acceptors (Lipinski definition) is 4. The highest BCUT2D eigenvalue weighted by Crippen LogP contribution is 2.15. The van der Waals surface area contributed by atoms with Crippen LogP contribution >= 0.6 is 0 Å². The van der Waals surface area contributed by atoms with Crippen molar-refractivity contribution in [2.24, 2.45) is 0 Å². The van der Waals surface area contributed by atoms with E-state index < -0.39 is 18.0 Å². The van der Waals surface area contributed by atoms with Crippen molar-refractivity contribution in [3.05, 3.63) is 65.5 Å². The Morgan fingerprint density at radius 2 is 1.62 bits per heavy atom. The Morgan fingerprint density at radius 3 is 2.19 bits per heavy atom. The molecule has 138 valence electrons. The van der Waals surface area contributed by atoms with E-state index in [2.05, 4.69) is 5.32 Å². The molecule has 1 N–H and O–H groups in total. The summed E-state index contributed by atoms with van der Waals surface area (Å²) in [5.41, 5.74) is 1.08. The fraction of sp³-hybridized carbons (Fsp3) is 0.300. The maximum absolute atomic E-state index is 12.9. The molecule has 0 radical (unpaired) electrons. The topological polar surface area (TPSA) is 64.6 Å². The van der Waals surface area contributed by atoms with Crippen molar-refractivity contribution in [2.45, 2.75) is 39.5 Å². The standard InChI is InChI=1S/C20H22FNO4/c1-13(2)25-18-10-6-16(7-11-18)20(24)26-14(3)19(23)22-12-15-4-8-17(21)9-5-15/h4-11,13-14H,12H2,1-3H3,(H,22,23). The summed E-state index contributed by atoms with van der Waals surface area (Å²) in [5.74, 6) is -0.707. The van der Waals surface area contributed by atoms with Crippen molar-refractivity contribution in [2.75, 3.05) is 0 Å². The number of hydrogen-bond donors (Lipinski definition) is 1. The molecule has 0 aliphatic rings. The molecule has 0 spiro atoms. The Bertz CT molecular complexity index is 741.